The summed E-state index contributed by atoms with van der Waals surface area (Å²) >= 11 is 1.05. The van der Waals surface area contributed by atoms with Crippen molar-refractivity contribution in [2.75, 3.05) is 0 Å². The van der Waals surface area contributed by atoms with Crippen LogP contribution in [0.5, 0.6) is 0 Å². The van der Waals surface area contributed by atoms with Gasteiger partial charge in [-0.25, -0.2) is 14.2 Å². The standard InChI is InChI=1S/C20H34N2O6SSi/c1-13(30(8,9)10)26-15(23)11-14-12-29-16(21-17(24)27-19(2,3)4)22(14)18(25)28-20(5,6)7/h12-13H,11H2,1-10H3/b21-16-. The summed E-state index contributed by atoms with van der Waals surface area (Å²) in [6, 6.07) is 0. The van der Waals surface area contributed by atoms with Gasteiger partial charge in [-0.3, -0.25) is 4.79 Å². The lowest BCUT2D eigenvalue weighted by Crippen LogP contribution is -2.40. The molecule has 0 N–H and O–H groups in total. The highest BCUT2D eigenvalue weighted by atomic mass is 32.1. The normalized spacial score (nSPS) is 14.3. The quantitative estimate of drug-likeness (QED) is 0.374. The zero-order valence-electron chi connectivity index (χ0n) is 19.6. The van der Waals surface area contributed by atoms with Gasteiger partial charge in [-0.2, -0.15) is 0 Å². The largest absolute Gasteiger partial charge is 0.466 e. The van der Waals surface area contributed by atoms with Crippen molar-refractivity contribution in [1.82, 2.24) is 4.57 Å². The first-order valence-corrected chi connectivity index (χ1v) is 14.2. The molecule has 0 aliphatic heterocycles. The predicted octanol–water partition coefficient (Wildman–Crippen LogP) is 4.52. The molecule has 0 bridgehead atoms. The first-order valence-electron chi connectivity index (χ1n) is 9.79. The summed E-state index contributed by atoms with van der Waals surface area (Å²) in [5, 5.41) is 1.59. The molecule has 0 aromatic carbocycles. The number of hydrogen-bond donors (Lipinski definition) is 0. The average molecular weight is 459 g/mol. The topological polar surface area (TPSA) is 96.2 Å². The SMILES string of the molecule is CC(OC(=O)Cc1cs/c(=N\C(=O)OC(C)(C)C)n1C(=O)OC(C)(C)C)[Si](C)(C)C. The van der Waals surface area contributed by atoms with E-state index in [0.29, 0.717) is 5.69 Å². The first-order chi connectivity index (χ1) is 13.4. The van der Waals surface area contributed by atoms with E-state index in [4.69, 9.17) is 14.2 Å². The Labute approximate surface area is 183 Å². The van der Waals surface area contributed by atoms with Crippen LogP contribution in [0.15, 0.2) is 10.4 Å². The molecule has 1 unspecified atom stereocenters. The van der Waals surface area contributed by atoms with E-state index in [0.717, 1.165) is 15.9 Å². The van der Waals surface area contributed by atoms with E-state index in [9.17, 15) is 14.4 Å². The molecule has 1 aromatic heterocycles. The van der Waals surface area contributed by atoms with E-state index in [1.807, 2.05) is 6.92 Å². The second-order valence-electron chi connectivity index (χ2n) is 10.1. The minimum atomic E-state index is -1.67. The zero-order valence-corrected chi connectivity index (χ0v) is 21.4. The molecule has 0 spiro atoms. The van der Waals surface area contributed by atoms with Crippen molar-refractivity contribution in [2.45, 2.75) is 91.5 Å². The number of amides is 1. The molecule has 0 saturated carbocycles. The van der Waals surface area contributed by atoms with Crippen molar-refractivity contribution in [3.8, 4) is 0 Å². The summed E-state index contributed by atoms with van der Waals surface area (Å²) in [5.41, 5.74) is -1.33. The monoisotopic (exact) mass is 458 g/mol. The van der Waals surface area contributed by atoms with Gasteiger partial charge in [0.15, 0.2) is 0 Å². The van der Waals surface area contributed by atoms with Gasteiger partial charge >= 0.3 is 18.2 Å². The van der Waals surface area contributed by atoms with E-state index < -0.39 is 37.4 Å². The maximum Gasteiger partial charge on any atom is 0.436 e. The molecule has 0 fully saturated rings. The zero-order chi connectivity index (χ0) is 23.5. The fraction of sp³-hybridized carbons (Fsp3) is 0.700. The second kappa shape index (κ2) is 9.46. The Morgan fingerprint density at radius 2 is 1.60 bits per heavy atom. The molecule has 1 rings (SSSR count). The Bertz CT molecular complexity index is 852. The van der Waals surface area contributed by atoms with Gasteiger partial charge in [0.05, 0.1) is 25.9 Å². The molecule has 8 nitrogen and oxygen atoms in total. The lowest BCUT2D eigenvalue weighted by molar-refractivity contribution is -0.144. The minimum absolute atomic E-state index is 0.0690. The molecule has 0 radical (unpaired) electrons. The fourth-order valence-electron chi connectivity index (χ4n) is 1.98. The Kier molecular flexibility index (Phi) is 8.23. The summed E-state index contributed by atoms with van der Waals surface area (Å²) in [6.07, 6.45) is -1.70. The van der Waals surface area contributed by atoms with Crippen LogP contribution in [0.25, 0.3) is 0 Å². The molecule has 170 valence electrons. The highest BCUT2D eigenvalue weighted by Gasteiger charge is 2.28. The van der Waals surface area contributed by atoms with Gasteiger partial charge in [0, 0.05) is 5.38 Å². The third-order valence-corrected chi connectivity index (χ3v) is 7.22. The molecule has 1 amide bonds. The van der Waals surface area contributed by atoms with Crippen molar-refractivity contribution < 1.29 is 28.6 Å². The number of esters is 1. The summed E-state index contributed by atoms with van der Waals surface area (Å²) in [4.78, 5) is 41.4. The molecule has 10 heteroatoms. The number of carbonyl (C=O) groups excluding carboxylic acids is 3. The van der Waals surface area contributed by atoms with Crippen LogP contribution in [-0.4, -0.2) is 47.7 Å². The van der Waals surface area contributed by atoms with Crippen LogP contribution < -0.4 is 4.80 Å². The number of rotatable bonds is 4. The smallest absolute Gasteiger partial charge is 0.436 e. The first kappa shape index (κ1) is 26.1. The highest BCUT2D eigenvalue weighted by Crippen LogP contribution is 2.15. The summed E-state index contributed by atoms with van der Waals surface area (Å²) in [7, 11) is -1.67. The van der Waals surface area contributed by atoms with Gasteiger partial charge < -0.3 is 14.2 Å². The lowest BCUT2D eigenvalue weighted by atomic mass is 10.2. The highest BCUT2D eigenvalue weighted by molar-refractivity contribution is 7.07. The lowest BCUT2D eigenvalue weighted by Gasteiger charge is -2.25. The maximum atomic E-state index is 12.8. The summed E-state index contributed by atoms with van der Waals surface area (Å²) in [6.45, 7) is 18.5. The number of thiazole rings is 1. The van der Waals surface area contributed by atoms with Crippen LogP contribution in [0.4, 0.5) is 9.59 Å². The van der Waals surface area contributed by atoms with Crippen LogP contribution in [0.1, 0.15) is 54.2 Å². The molecule has 0 aliphatic carbocycles. The van der Waals surface area contributed by atoms with E-state index in [1.165, 1.54) is 0 Å². The van der Waals surface area contributed by atoms with Gasteiger partial charge in [0.25, 0.3) is 0 Å². The van der Waals surface area contributed by atoms with Crippen LogP contribution in [0, 0.1) is 0 Å². The summed E-state index contributed by atoms with van der Waals surface area (Å²) in [5.74, 6) is -0.455. The predicted molar refractivity (Wildman–Crippen MR) is 118 cm³/mol. The van der Waals surface area contributed by atoms with E-state index in [2.05, 4.69) is 24.6 Å². The third-order valence-electron chi connectivity index (χ3n) is 3.79. The number of aromatic nitrogens is 1. The molecule has 1 atom stereocenters. The van der Waals surface area contributed by atoms with Crippen molar-refractivity contribution in [3.63, 3.8) is 0 Å². The van der Waals surface area contributed by atoms with Gasteiger partial charge in [0.2, 0.25) is 4.80 Å². The molecule has 0 aliphatic rings. The van der Waals surface area contributed by atoms with Crippen LogP contribution in [0.2, 0.25) is 19.6 Å². The van der Waals surface area contributed by atoms with E-state index in [-0.39, 0.29) is 16.9 Å². The molecule has 30 heavy (non-hydrogen) atoms. The van der Waals surface area contributed by atoms with Gasteiger partial charge in [-0.05, 0) is 48.5 Å². The molecule has 0 saturated heterocycles. The van der Waals surface area contributed by atoms with Crippen LogP contribution in [0.3, 0.4) is 0 Å². The Morgan fingerprint density at radius 1 is 1.07 bits per heavy atom. The molecular formula is C20H34N2O6SSi. The van der Waals surface area contributed by atoms with E-state index in [1.54, 1.807) is 46.9 Å². The van der Waals surface area contributed by atoms with Crippen LogP contribution in [-0.2, 0) is 25.4 Å². The van der Waals surface area contributed by atoms with Crippen molar-refractivity contribution in [2.24, 2.45) is 4.99 Å². The van der Waals surface area contributed by atoms with Gasteiger partial charge in [-0.15, -0.1) is 16.3 Å². The fourth-order valence-corrected chi connectivity index (χ4v) is 3.31. The van der Waals surface area contributed by atoms with Gasteiger partial charge in [0.1, 0.15) is 11.2 Å². The third kappa shape index (κ3) is 8.82. The molecular weight excluding hydrogens is 424 g/mol. The maximum absolute atomic E-state index is 12.8. The number of nitrogens with zero attached hydrogens (tertiary/aromatic N) is 2. The van der Waals surface area contributed by atoms with Crippen LogP contribution >= 0.6 is 11.3 Å². The molecule has 1 heterocycles. The Balaban J connectivity index is 3.27. The number of hydrogen-bond acceptors (Lipinski definition) is 7. The Hall–Kier alpha value is -1.94. The van der Waals surface area contributed by atoms with E-state index >= 15 is 0 Å². The minimum Gasteiger partial charge on any atom is -0.466 e. The van der Waals surface area contributed by atoms with Crippen molar-refractivity contribution in [1.29, 1.82) is 0 Å². The number of ether oxygens (including phenoxy) is 3. The second-order valence-corrected chi connectivity index (χ2v) is 16.5. The summed E-state index contributed by atoms with van der Waals surface area (Å²) < 4.78 is 17.3. The molecule has 1 aromatic rings. The van der Waals surface area contributed by atoms with Crippen molar-refractivity contribution >= 4 is 37.6 Å². The average Bonchev–Trinajstić information content (AvgIpc) is 2.84. The van der Waals surface area contributed by atoms with Gasteiger partial charge in [-0.1, -0.05) is 19.6 Å². The number of carbonyl (C=O) groups is 3. The van der Waals surface area contributed by atoms with Crippen molar-refractivity contribution in [3.05, 3.63) is 15.9 Å². The Morgan fingerprint density at radius 3 is 2.07 bits per heavy atom.